The molecule has 0 aliphatic heterocycles. The Labute approximate surface area is 166 Å². The lowest BCUT2D eigenvalue weighted by atomic mass is 10.2. The Kier molecular flexibility index (Phi) is 6.72. The van der Waals surface area contributed by atoms with Crippen LogP contribution >= 0.6 is 0 Å². The Morgan fingerprint density at radius 3 is 2.66 bits per heavy atom. The van der Waals surface area contributed by atoms with Crippen LogP contribution in [0.4, 0.5) is 4.39 Å². The molecule has 0 saturated carbocycles. The molecule has 8 heteroatoms. The minimum absolute atomic E-state index is 0.108. The number of rotatable bonds is 7. The van der Waals surface area contributed by atoms with Crippen LogP contribution in [-0.4, -0.2) is 18.0 Å². The molecule has 2 N–H and O–H groups in total. The first-order valence-electron chi connectivity index (χ1n) is 8.71. The average molecular weight is 395 g/mol. The van der Waals surface area contributed by atoms with Crippen LogP contribution in [-0.2, 0) is 22.7 Å². The fourth-order valence-electron chi connectivity index (χ4n) is 2.31. The molecule has 0 aliphatic rings. The van der Waals surface area contributed by atoms with Crippen molar-refractivity contribution < 1.29 is 23.1 Å². The van der Waals surface area contributed by atoms with E-state index >= 15 is 0 Å². The second-order valence-electron chi connectivity index (χ2n) is 5.95. The van der Waals surface area contributed by atoms with Crippen LogP contribution in [0.2, 0.25) is 0 Å². The van der Waals surface area contributed by atoms with E-state index in [1.54, 1.807) is 48.5 Å². The predicted molar refractivity (Wildman–Crippen MR) is 103 cm³/mol. The molecule has 148 valence electrons. The zero-order valence-electron chi connectivity index (χ0n) is 15.3. The van der Waals surface area contributed by atoms with Crippen molar-refractivity contribution in [1.29, 1.82) is 0 Å². The van der Waals surface area contributed by atoms with Gasteiger partial charge >= 0.3 is 11.8 Å². The fraction of sp³-hybridized carbons (Fsp3) is 0.0952. The Balaban J connectivity index is 1.47. The van der Waals surface area contributed by atoms with Gasteiger partial charge in [0.25, 0.3) is 0 Å². The Hall–Kier alpha value is -3.94. The molecule has 0 unspecified atom stereocenters. The summed E-state index contributed by atoms with van der Waals surface area (Å²) in [7, 11) is 0. The molecule has 0 atom stereocenters. The van der Waals surface area contributed by atoms with E-state index in [4.69, 9.17) is 9.15 Å². The van der Waals surface area contributed by atoms with Crippen molar-refractivity contribution in [1.82, 2.24) is 10.7 Å². The summed E-state index contributed by atoms with van der Waals surface area (Å²) in [5, 5.41) is 6.19. The maximum absolute atomic E-state index is 12.9. The Morgan fingerprint density at radius 1 is 1.07 bits per heavy atom. The van der Waals surface area contributed by atoms with Gasteiger partial charge in [0.2, 0.25) is 0 Å². The maximum atomic E-state index is 12.9. The van der Waals surface area contributed by atoms with E-state index in [0.29, 0.717) is 17.1 Å². The highest BCUT2D eigenvalue weighted by Gasteiger charge is 2.12. The van der Waals surface area contributed by atoms with Gasteiger partial charge in [0.1, 0.15) is 23.9 Å². The smallest absolute Gasteiger partial charge is 0.329 e. The standard InChI is InChI=1S/C21H18FN3O4/c22-17-8-6-15(7-9-17)14-29-18-4-1-3-16(11-18)12-24-25-21(27)20(26)23-13-19-5-2-10-28-19/h1-12H,13-14H2,(H,23,26)(H,25,27)/b24-12-. The number of benzene rings is 2. The second kappa shape index (κ2) is 9.84. The molecule has 3 rings (SSSR count). The highest BCUT2D eigenvalue weighted by Crippen LogP contribution is 2.14. The lowest BCUT2D eigenvalue weighted by Crippen LogP contribution is -2.37. The van der Waals surface area contributed by atoms with Gasteiger partial charge in [-0.2, -0.15) is 5.10 Å². The van der Waals surface area contributed by atoms with Crippen LogP contribution in [0.3, 0.4) is 0 Å². The van der Waals surface area contributed by atoms with Crippen molar-refractivity contribution in [2.75, 3.05) is 0 Å². The van der Waals surface area contributed by atoms with E-state index in [1.807, 2.05) is 0 Å². The lowest BCUT2D eigenvalue weighted by molar-refractivity contribution is -0.139. The number of halogens is 1. The lowest BCUT2D eigenvalue weighted by Gasteiger charge is -2.07. The number of hydrogen-bond donors (Lipinski definition) is 2. The average Bonchev–Trinajstić information content (AvgIpc) is 3.25. The SMILES string of the molecule is O=C(NCc1ccco1)C(=O)N/N=C\c1cccc(OCc2ccc(F)cc2)c1. The first-order valence-corrected chi connectivity index (χ1v) is 8.71. The number of carbonyl (C=O) groups excluding carboxylic acids is 2. The largest absolute Gasteiger partial charge is 0.489 e. The zero-order chi connectivity index (χ0) is 20.5. The van der Waals surface area contributed by atoms with Gasteiger partial charge in [-0.05, 0) is 47.5 Å². The molecule has 0 radical (unpaired) electrons. The van der Waals surface area contributed by atoms with Gasteiger partial charge in [-0.3, -0.25) is 9.59 Å². The summed E-state index contributed by atoms with van der Waals surface area (Å²) >= 11 is 0. The number of nitrogens with one attached hydrogen (secondary N) is 2. The minimum atomic E-state index is -0.892. The van der Waals surface area contributed by atoms with Crippen LogP contribution in [0.5, 0.6) is 5.75 Å². The van der Waals surface area contributed by atoms with Crippen molar-refractivity contribution in [2.24, 2.45) is 5.10 Å². The molecular formula is C21H18FN3O4. The Bertz CT molecular complexity index is 985. The highest BCUT2D eigenvalue weighted by molar-refractivity contribution is 6.35. The normalized spacial score (nSPS) is 10.7. The molecular weight excluding hydrogens is 377 g/mol. The summed E-state index contributed by atoms with van der Waals surface area (Å²) in [6, 6.07) is 16.4. The van der Waals surface area contributed by atoms with E-state index in [9.17, 15) is 14.0 Å². The quantitative estimate of drug-likeness (QED) is 0.366. The zero-order valence-corrected chi connectivity index (χ0v) is 15.3. The van der Waals surface area contributed by atoms with Gasteiger partial charge in [-0.25, -0.2) is 9.82 Å². The van der Waals surface area contributed by atoms with Crippen molar-refractivity contribution in [3.05, 3.63) is 89.6 Å². The number of furan rings is 1. The van der Waals surface area contributed by atoms with Gasteiger partial charge in [0, 0.05) is 0 Å². The van der Waals surface area contributed by atoms with E-state index in [2.05, 4.69) is 15.8 Å². The van der Waals surface area contributed by atoms with Gasteiger partial charge in [0.05, 0.1) is 19.0 Å². The number of carbonyl (C=O) groups is 2. The first kappa shape index (κ1) is 19.8. The predicted octanol–water partition coefficient (Wildman–Crippen LogP) is 2.76. The summed E-state index contributed by atoms with van der Waals surface area (Å²) < 4.78 is 23.6. The van der Waals surface area contributed by atoms with Gasteiger partial charge < -0.3 is 14.5 Å². The molecule has 0 bridgehead atoms. The fourth-order valence-corrected chi connectivity index (χ4v) is 2.31. The van der Waals surface area contributed by atoms with Crippen LogP contribution < -0.4 is 15.5 Å². The van der Waals surface area contributed by atoms with Crippen molar-refractivity contribution in [2.45, 2.75) is 13.2 Å². The monoisotopic (exact) mass is 395 g/mol. The summed E-state index contributed by atoms with van der Waals surface area (Å²) in [5.74, 6) is -0.900. The number of amides is 2. The highest BCUT2D eigenvalue weighted by atomic mass is 19.1. The van der Waals surface area contributed by atoms with Crippen molar-refractivity contribution >= 4 is 18.0 Å². The third kappa shape index (κ3) is 6.31. The minimum Gasteiger partial charge on any atom is -0.489 e. The molecule has 29 heavy (non-hydrogen) atoms. The number of hydrogen-bond acceptors (Lipinski definition) is 5. The summed E-state index contributed by atoms with van der Waals surface area (Å²) in [6.07, 6.45) is 2.87. The van der Waals surface area contributed by atoms with E-state index in [-0.39, 0.29) is 19.0 Å². The molecule has 3 aromatic rings. The topological polar surface area (TPSA) is 92.9 Å². The molecule has 0 fully saturated rings. The molecule has 0 spiro atoms. The van der Waals surface area contributed by atoms with Crippen LogP contribution in [0.25, 0.3) is 0 Å². The maximum Gasteiger partial charge on any atom is 0.329 e. The first-order chi connectivity index (χ1) is 14.1. The molecule has 1 heterocycles. The number of ether oxygens (including phenoxy) is 1. The number of hydrazone groups is 1. The summed E-state index contributed by atoms with van der Waals surface area (Å²) in [6.45, 7) is 0.393. The van der Waals surface area contributed by atoms with E-state index in [1.165, 1.54) is 24.6 Å². The molecule has 0 aliphatic carbocycles. The van der Waals surface area contributed by atoms with Gasteiger partial charge in [0.15, 0.2) is 0 Å². The number of nitrogens with zero attached hydrogens (tertiary/aromatic N) is 1. The molecule has 2 aromatic carbocycles. The van der Waals surface area contributed by atoms with Crippen molar-refractivity contribution in [3.63, 3.8) is 0 Å². The Morgan fingerprint density at radius 2 is 1.90 bits per heavy atom. The summed E-state index contributed by atoms with van der Waals surface area (Å²) in [5.41, 5.74) is 3.65. The second-order valence-corrected chi connectivity index (χ2v) is 5.95. The third-order valence-corrected chi connectivity index (χ3v) is 3.77. The summed E-state index contributed by atoms with van der Waals surface area (Å²) in [4.78, 5) is 23.4. The van der Waals surface area contributed by atoms with E-state index < -0.39 is 11.8 Å². The van der Waals surface area contributed by atoms with Crippen LogP contribution in [0.15, 0.2) is 76.4 Å². The third-order valence-electron chi connectivity index (χ3n) is 3.77. The van der Waals surface area contributed by atoms with Crippen LogP contribution in [0, 0.1) is 5.82 Å². The van der Waals surface area contributed by atoms with Crippen LogP contribution in [0.1, 0.15) is 16.9 Å². The molecule has 0 saturated heterocycles. The molecule has 1 aromatic heterocycles. The molecule has 7 nitrogen and oxygen atoms in total. The van der Waals surface area contributed by atoms with Gasteiger partial charge in [-0.1, -0.05) is 24.3 Å². The van der Waals surface area contributed by atoms with Gasteiger partial charge in [-0.15, -0.1) is 0 Å². The van der Waals surface area contributed by atoms with Crippen molar-refractivity contribution in [3.8, 4) is 5.75 Å². The van der Waals surface area contributed by atoms with E-state index in [0.717, 1.165) is 5.56 Å². The molecule has 2 amide bonds.